The van der Waals surface area contributed by atoms with E-state index in [2.05, 4.69) is 26.1 Å². The fourth-order valence-electron chi connectivity index (χ4n) is 2.35. The van der Waals surface area contributed by atoms with Crippen LogP contribution in [0.4, 0.5) is 5.69 Å². The van der Waals surface area contributed by atoms with E-state index in [-0.39, 0.29) is 17.9 Å². The Labute approximate surface area is 159 Å². The second kappa shape index (κ2) is 8.32. The Bertz CT molecular complexity index is 784. The Balaban J connectivity index is 2.06. The van der Waals surface area contributed by atoms with Crippen LogP contribution < -0.4 is 19.5 Å². The van der Waals surface area contributed by atoms with Crippen molar-refractivity contribution in [1.29, 1.82) is 0 Å². The summed E-state index contributed by atoms with van der Waals surface area (Å²) < 4.78 is 16.0. The van der Waals surface area contributed by atoms with Gasteiger partial charge in [0, 0.05) is 12.1 Å². The van der Waals surface area contributed by atoms with Gasteiger partial charge in [-0.1, -0.05) is 44.5 Å². The largest absolute Gasteiger partial charge is 0.495 e. The predicted octanol–water partition coefficient (Wildman–Crippen LogP) is 4.67. The van der Waals surface area contributed by atoms with Crippen LogP contribution >= 0.6 is 11.6 Å². The first-order valence-electron chi connectivity index (χ1n) is 8.19. The highest BCUT2D eigenvalue weighted by molar-refractivity contribution is 6.32. The molecule has 1 amide bonds. The number of halogens is 1. The van der Waals surface area contributed by atoms with Gasteiger partial charge in [-0.15, -0.1) is 0 Å². The number of ether oxygens (including phenoxy) is 3. The van der Waals surface area contributed by atoms with Gasteiger partial charge in [0.25, 0.3) is 5.91 Å². The van der Waals surface area contributed by atoms with E-state index >= 15 is 0 Å². The molecule has 0 saturated heterocycles. The van der Waals surface area contributed by atoms with Crippen LogP contribution in [0.15, 0.2) is 36.4 Å². The third kappa shape index (κ3) is 5.05. The Kier molecular flexibility index (Phi) is 6.37. The lowest BCUT2D eigenvalue weighted by Crippen LogP contribution is -2.21. The number of nitrogens with one attached hydrogen (secondary N) is 1. The normalized spacial score (nSPS) is 11.0. The van der Waals surface area contributed by atoms with Gasteiger partial charge in [-0.05, 0) is 23.1 Å². The molecule has 2 aromatic carbocycles. The molecule has 5 nitrogen and oxygen atoms in total. The molecule has 140 valence electrons. The van der Waals surface area contributed by atoms with Gasteiger partial charge >= 0.3 is 0 Å². The standard InChI is InChI=1S/C20H24ClNO4/c1-20(2,3)13-7-6-8-14(9-13)26-12-19(23)22-16-11-17(24-4)15(21)10-18(16)25-5/h6-11H,12H2,1-5H3,(H,22,23). The maximum Gasteiger partial charge on any atom is 0.262 e. The second-order valence-corrected chi connectivity index (χ2v) is 7.21. The lowest BCUT2D eigenvalue weighted by atomic mass is 9.87. The zero-order valence-electron chi connectivity index (χ0n) is 15.7. The molecule has 2 rings (SSSR count). The molecule has 2 aromatic rings. The minimum atomic E-state index is -0.311. The number of hydrogen-bond acceptors (Lipinski definition) is 4. The van der Waals surface area contributed by atoms with Gasteiger partial charge in [0.05, 0.1) is 24.9 Å². The van der Waals surface area contributed by atoms with Crippen molar-refractivity contribution in [2.24, 2.45) is 0 Å². The van der Waals surface area contributed by atoms with Crippen LogP contribution in [0.25, 0.3) is 0 Å². The average molecular weight is 378 g/mol. The van der Waals surface area contributed by atoms with Crippen molar-refractivity contribution in [1.82, 2.24) is 0 Å². The van der Waals surface area contributed by atoms with Crippen molar-refractivity contribution in [3.05, 3.63) is 47.0 Å². The fraction of sp³-hybridized carbons (Fsp3) is 0.350. The monoisotopic (exact) mass is 377 g/mol. The van der Waals surface area contributed by atoms with Crippen molar-refractivity contribution in [2.45, 2.75) is 26.2 Å². The van der Waals surface area contributed by atoms with Crippen molar-refractivity contribution in [3.63, 3.8) is 0 Å². The van der Waals surface area contributed by atoms with E-state index in [9.17, 15) is 4.79 Å². The number of rotatable bonds is 6. The molecule has 0 bridgehead atoms. The van der Waals surface area contributed by atoms with Crippen LogP contribution in [0, 0.1) is 0 Å². The summed E-state index contributed by atoms with van der Waals surface area (Å²) in [6, 6.07) is 10.9. The first-order valence-corrected chi connectivity index (χ1v) is 8.57. The third-order valence-electron chi connectivity index (χ3n) is 3.82. The first kappa shape index (κ1) is 19.9. The minimum Gasteiger partial charge on any atom is -0.495 e. The molecular formula is C20H24ClNO4. The Morgan fingerprint density at radius 2 is 1.77 bits per heavy atom. The third-order valence-corrected chi connectivity index (χ3v) is 4.11. The van der Waals surface area contributed by atoms with Gasteiger partial charge in [0.15, 0.2) is 6.61 Å². The van der Waals surface area contributed by atoms with Gasteiger partial charge in [-0.3, -0.25) is 4.79 Å². The molecule has 0 aliphatic heterocycles. The molecule has 1 N–H and O–H groups in total. The number of carbonyl (C=O) groups excluding carboxylic acids is 1. The van der Waals surface area contributed by atoms with Gasteiger partial charge in [-0.2, -0.15) is 0 Å². The zero-order valence-corrected chi connectivity index (χ0v) is 16.4. The summed E-state index contributed by atoms with van der Waals surface area (Å²) in [7, 11) is 3.01. The molecule has 6 heteroatoms. The molecule has 0 saturated carbocycles. The van der Waals surface area contributed by atoms with Gasteiger partial charge < -0.3 is 19.5 Å². The molecule has 0 heterocycles. The fourth-order valence-corrected chi connectivity index (χ4v) is 2.58. The van der Waals surface area contributed by atoms with Crippen LogP contribution in [-0.4, -0.2) is 26.7 Å². The van der Waals surface area contributed by atoms with E-state index in [4.69, 9.17) is 25.8 Å². The summed E-state index contributed by atoms with van der Waals surface area (Å²) >= 11 is 6.07. The summed E-state index contributed by atoms with van der Waals surface area (Å²) in [6.45, 7) is 6.25. The summed E-state index contributed by atoms with van der Waals surface area (Å²) in [4.78, 5) is 12.3. The summed E-state index contributed by atoms with van der Waals surface area (Å²) in [5.74, 6) is 1.22. The SMILES string of the molecule is COc1cc(NC(=O)COc2cccc(C(C)(C)C)c2)c(OC)cc1Cl. The predicted molar refractivity (Wildman–Crippen MR) is 104 cm³/mol. The maximum atomic E-state index is 12.3. The highest BCUT2D eigenvalue weighted by Gasteiger charge is 2.15. The second-order valence-electron chi connectivity index (χ2n) is 6.80. The number of benzene rings is 2. The first-order chi connectivity index (χ1) is 12.2. The van der Waals surface area contributed by atoms with Crippen molar-refractivity contribution < 1.29 is 19.0 Å². The number of methoxy groups -OCH3 is 2. The van der Waals surface area contributed by atoms with Crippen LogP contribution in [0.1, 0.15) is 26.3 Å². The number of hydrogen-bond donors (Lipinski definition) is 1. The van der Waals surface area contributed by atoms with Gasteiger partial charge in [0.2, 0.25) is 0 Å². The summed E-state index contributed by atoms with van der Waals surface area (Å²) in [5.41, 5.74) is 1.61. The van der Waals surface area contributed by atoms with Crippen molar-refractivity contribution >= 4 is 23.2 Å². The van der Waals surface area contributed by atoms with Crippen molar-refractivity contribution in [3.8, 4) is 17.2 Å². The molecule has 0 spiro atoms. The smallest absolute Gasteiger partial charge is 0.262 e. The Morgan fingerprint density at radius 3 is 2.38 bits per heavy atom. The van der Waals surface area contributed by atoms with E-state index in [1.54, 1.807) is 12.1 Å². The molecule has 0 aromatic heterocycles. The molecule has 26 heavy (non-hydrogen) atoms. The summed E-state index contributed by atoms with van der Waals surface area (Å²) in [5, 5.41) is 3.15. The van der Waals surface area contributed by atoms with E-state index < -0.39 is 0 Å². The van der Waals surface area contributed by atoms with Crippen LogP contribution in [0.3, 0.4) is 0 Å². The number of carbonyl (C=O) groups is 1. The lowest BCUT2D eigenvalue weighted by Gasteiger charge is -2.19. The molecule has 0 radical (unpaired) electrons. The highest BCUT2D eigenvalue weighted by Crippen LogP contribution is 2.35. The van der Waals surface area contributed by atoms with Crippen LogP contribution in [-0.2, 0) is 10.2 Å². The zero-order chi connectivity index (χ0) is 19.3. The minimum absolute atomic E-state index is 0.00879. The van der Waals surface area contributed by atoms with E-state index in [0.717, 1.165) is 5.56 Å². The van der Waals surface area contributed by atoms with E-state index in [0.29, 0.717) is 28.0 Å². The van der Waals surface area contributed by atoms with Crippen LogP contribution in [0.5, 0.6) is 17.2 Å². The van der Waals surface area contributed by atoms with E-state index in [1.165, 1.54) is 14.2 Å². The molecular weight excluding hydrogens is 354 g/mol. The quantitative estimate of drug-likeness (QED) is 0.794. The number of anilines is 1. The average Bonchev–Trinajstić information content (AvgIpc) is 2.60. The molecule has 0 fully saturated rings. The van der Waals surface area contributed by atoms with Gasteiger partial charge in [-0.25, -0.2) is 0 Å². The molecule has 0 aliphatic rings. The summed E-state index contributed by atoms with van der Waals surface area (Å²) in [6.07, 6.45) is 0. The maximum absolute atomic E-state index is 12.3. The highest BCUT2D eigenvalue weighted by atomic mass is 35.5. The van der Waals surface area contributed by atoms with Crippen molar-refractivity contribution in [2.75, 3.05) is 26.1 Å². The van der Waals surface area contributed by atoms with E-state index in [1.807, 2.05) is 24.3 Å². The number of amides is 1. The molecule has 0 aliphatic carbocycles. The van der Waals surface area contributed by atoms with Crippen LogP contribution in [0.2, 0.25) is 5.02 Å². The lowest BCUT2D eigenvalue weighted by molar-refractivity contribution is -0.118. The Hall–Kier alpha value is -2.40. The van der Waals surface area contributed by atoms with Gasteiger partial charge in [0.1, 0.15) is 17.2 Å². The molecule has 0 atom stereocenters. The topological polar surface area (TPSA) is 56.8 Å². The molecule has 0 unspecified atom stereocenters. The Morgan fingerprint density at radius 1 is 1.08 bits per heavy atom.